The average Bonchev–Trinajstić information content (AvgIpc) is 3.55. The fraction of sp³-hybridized carbons (Fsp3) is 0. The smallest absolute Gasteiger partial charge is 0.0540 e. The molecule has 0 aliphatic rings. The van der Waals surface area contributed by atoms with Gasteiger partial charge in [-0.15, -0.1) is 11.3 Å². The van der Waals surface area contributed by atoms with Crippen LogP contribution in [0.3, 0.4) is 0 Å². The van der Waals surface area contributed by atoms with Gasteiger partial charge in [-0.05, 0) is 69.4 Å². The van der Waals surface area contributed by atoms with E-state index in [1.807, 2.05) is 11.3 Å². The molecule has 9 aromatic rings. The zero-order valence-electron chi connectivity index (χ0n) is 26.3. The van der Waals surface area contributed by atoms with Crippen molar-refractivity contribution < 1.29 is 0 Å². The van der Waals surface area contributed by atoms with E-state index in [4.69, 9.17) is 0 Å². The van der Waals surface area contributed by atoms with Crippen LogP contribution in [0.25, 0.3) is 64.3 Å². The Morgan fingerprint density at radius 1 is 0.354 bits per heavy atom. The van der Waals surface area contributed by atoms with Gasteiger partial charge in [0.05, 0.1) is 5.69 Å². The van der Waals surface area contributed by atoms with E-state index in [9.17, 15) is 0 Å². The zero-order valence-corrected chi connectivity index (χ0v) is 27.1. The number of hydrogen-bond donors (Lipinski definition) is 0. The van der Waals surface area contributed by atoms with Crippen LogP contribution in [0.4, 0.5) is 17.1 Å². The maximum absolute atomic E-state index is 2.40. The Balaban J connectivity index is 1.16. The van der Waals surface area contributed by atoms with Gasteiger partial charge in [-0.3, -0.25) is 0 Å². The third-order valence-electron chi connectivity index (χ3n) is 9.28. The van der Waals surface area contributed by atoms with E-state index >= 15 is 0 Å². The number of thiophene rings is 1. The molecule has 0 spiro atoms. The number of para-hydroxylation sites is 2. The normalized spacial score (nSPS) is 11.3. The van der Waals surface area contributed by atoms with Crippen LogP contribution in [-0.4, -0.2) is 0 Å². The van der Waals surface area contributed by atoms with Crippen molar-refractivity contribution in [3.8, 4) is 33.4 Å². The minimum atomic E-state index is 1.12. The van der Waals surface area contributed by atoms with Crippen molar-refractivity contribution in [3.05, 3.63) is 188 Å². The summed E-state index contributed by atoms with van der Waals surface area (Å²) in [6, 6.07) is 68.0. The molecule has 8 aromatic carbocycles. The molecule has 1 aromatic heterocycles. The van der Waals surface area contributed by atoms with E-state index in [0.717, 1.165) is 17.1 Å². The van der Waals surface area contributed by atoms with Crippen molar-refractivity contribution in [1.82, 2.24) is 0 Å². The second-order valence-corrected chi connectivity index (χ2v) is 13.2. The van der Waals surface area contributed by atoms with Gasteiger partial charge in [0.1, 0.15) is 0 Å². The molecule has 0 fully saturated rings. The van der Waals surface area contributed by atoms with E-state index < -0.39 is 0 Å². The first-order valence-electron chi connectivity index (χ1n) is 16.4. The molecule has 0 unspecified atom stereocenters. The van der Waals surface area contributed by atoms with E-state index in [-0.39, 0.29) is 0 Å². The molecule has 2 heteroatoms. The highest BCUT2D eigenvalue weighted by Gasteiger charge is 2.19. The molecule has 48 heavy (non-hydrogen) atoms. The van der Waals surface area contributed by atoms with E-state index in [1.165, 1.54) is 64.3 Å². The van der Waals surface area contributed by atoms with Gasteiger partial charge in [0, 0.05) is 42.7 Å². The number of hydrogen-bond acceptors (Lipinski definition) is 2. The standard InChI is InChI=1S/C46H31NS/c1-2-16-36(17-3-1)47(44-25-8-6-20-40(44)42-23-12-24-43-41-21-7-9-26-45(41)48-46(42)43)37-18-10-15-35(31-37)32-27-29-34(30-28-32)39-22-11-14-33-13-4-5-19-38(33)39/h1-31H. The van der Waals surface area contributed by atoms with Crippen LogP contribution in [0, 0.1) is 0 Å². The number of anilines is 3. The van der Waals surface area contributed by atoms with Gasteiger partial charge in [0.25, 0.3) is 0 Å². The first kappa shape index (κ1) is 28.3. The monoisotopic (exact) mass is 629 g/mol. The number of benzene rings is 8. The lowest BCUT2D eigenvalue weighted by atomic mass is 9.96. The Morgan fingerprint density at radius 3 is 1.85 bits per heavy atom. The lowest BCUT2D eigenvalue weighted by molar-refractivity contribution is 1.28. The topological polar surface area (TPSA) is 3.24 Å². The highest BCUT2D eigenvalue weighted by Crippen LogP contribution is 2.46. The van der Waals surface area contributed by atoms with Crippen LogP contribution >= 0.6 is 11.3 Å². The van der Waals surface area contributed by atoms with Gasteiger partial charge in [-0.1, -0.05) is 152 Å². The van der Waals surface area contributed by atoms with Crippen molar-refractivity contribution in [3.63, 3.8) is 0 Å². The van der Waals surface area contributed by atoms with Crippen molar-refractivity contribution >= 4 is 59.3 Å². The molecule has 1 nitrogen and oxygen atoms in total. The summed E-state index contributed by atoms with van der Waals surface area (Å²) in [6.45, 7) is 0. The van der Waals surface area contributed by atoms with E-state index in [1.54, 1.807) is 0 Å². The summed E-state index contributed by atoms with van der Waals surface area (Å²) in [4.78, 5) is 2.40. The molecule has 0 amide bonds. The quantitative estimate of drug-likeness (QED) is 0.177. The molecule has 0 N–H and O–H groups in total. The van der Waals surface area contributed by atoms with Gasteiger partial charge >= 0.3 is 0 Å². The number of fused-ring (bicyclic) bond motifs is 4. The van der Waals surface area contributed by atoms with Gasteiger partial charge in [0.2, 0.25) is 0 Å². The second kappa shape index (κ2) is 12.0. The average molecular weight is 630 g/mol. The second-order valence-electron chi connectivity index (χ2n) is 12.1. The molecule has 9 rings (SSSR count). The van der Waals surface area contributed by atoms with Crippen LogP contribution in [0.5, 0.6) is 0 Å². The van der Waals surface area contributed by atoms with Gasteiger partial charge < -0.3 is 4.90 Å². The van der Waals surface area contributed by atoms with Crippen LogP contribution in [0.2, 0.25) is 0 Å². The summed E-state index contributed by atoms with van der Waals surface area (Å²) in [5.74, 6) is 0. The Hall–Kier alpha value is -5.96. The molecule has 226 valence electrons. The van der Waals surface area contributed by atoms with Crippen molar-refractivity contribution in [2.75, 3.05) is 4.90 Å². The SMILES string of the molecule is c1ccc(N(c2cccc(-c3ccc(-c4cccc5ccccc45)cc3)c2)c2ccccc2-c2cccc3c2sc2ccccc23)cc1. The summed E-state index contributed by atoms with van der Waals surface area (Å²) in [5.41, 5.74) is 10.7. The molecular weight excluding hydrogens is 599 g/mol. The molecule has 0 saturated carbocycles. The maximum atomic E-state index is 2.40. The minimum Gasteiger partial charge on any atom is -0.310 e. The van der Waals surface area contributed by atoms with E-state index in [0.29, 0.717) is 0 Å². The van der Waals surface area contributed by atoms with Crippen LogP contribution in [-0.2, 0) is 0 Å². The first-order chi connectivity index (χ1) is 23.8. The van der Waals surface area contributed by atoms with Crippen molar-refractivity contribution in [2.45, 2.75) is 0 Å². The molecule has 0 saturated heterocycles. The molecule has 0 aliphatic carbocycles. The zero-order chi connectivity index (χ0) is 31.9. The van der Waals surface area contributed by atoms with E-state index in [2.05, 4.69) is 193 Å². The number of nitrogens with zero attached hydrogens (tertiary/aromatic N) is 1. The van der Waals surface area contributed by atoms with Crippen LogP contribution < -0.4 is 4.90 Å². The Morgan fingerprint density at radius 2 is 0.958 bits per heavy atom. The minimum absolute atomic E-state index is 1.12. The third kappa shape index (κ3) is 4.95. The fourth-order valence-corrected chi connectivity index (χ4v) is 8.23. The molecule has 0 bridgehead atoms. The highest BCUT2D eigenvalue weighted by molar-refractivity contribution is 7.26. The van der Waals surface area contributed by atoms with Crippen LogP contribution in [0.15, 0.2) is 188 Å². The van der Waals surface area contributed by atoms with Crippen molar-refractivity contribution in [2.24, 2.45) is 0 Å². The van der Waals surface area contributed by atoms with Crippen molar-refractivity contribution in [1.29, 1.82) is 0 Å². The Bertz CT molecular complexity index is 2560. The molecule has 0 aliphatic heterocycles. The van der Waals surface area contributed by atoms with Gasteiger partial charge in [0.15, 0.2) is 0 Å². The summed E-state index contributed by atoms with van der Waals surface area (Å²) in [5, 5.41) is 5.16. The predicted molar refractivity (Wildman–Crippen MR) is 208 cm³/mol. The predicted octanol–water partition coefficient (Wildman–Crippen LogP) is 13.7. The summed E-state index contributed by atoms with van der Waals surface area (Å²) in [7, 11) is 0. The third-order valence-corrected chi connectivity index (χ3v) is 10.5. The Labute approximate surface area is 284 Å². The number of rotatable bonds is 6. The lowest BCUT2D eigenvalue weighted by Crippen LogP contribution is -2.11. The molecular formula is C46H31NS. The fourth-order valence-electron chi connectivity index (χ4n) is 7.00. The van der Waals surface area contributed by atoms with Gasteiger partial charge in [-0.2, -0.15) is 0 Å². The summed E-state index contributed by atoms with van der Waals surface area (Å²) in [6.07, 6.45) is 0. The first-order valence-corrected chi connectivity index (χ1v) is 17.2. The highest BCUT2D eigenvalue weighted by atomic mass is 32.1. The lowest BCUT2D eigenvalue weighted by Gasteiger charge is -2.28. The molecule has 0 atom stereocenters. The maximum Gasteiger partial charge on any atom is 0.0540 e. The molecule has 1 heterocycles. The van der Waals surface area contributed by atoms with Crippen LogP contribution in [0.1, 0.15) is 0 Å². The Kier molecular flexibility index (Phi) is 7.07. The largest absolute Gasteiger partial charge is 0.310 e. The van der Waals surface area contributed by atoms with Gasteiger partial charge in [-0.25, -0.2) is 0 Å². The summed E-state index contributed by atoms with van der Waals surface area (Å²) >= 11 is 1.88. The molecule has 0 radical (unpaired) electrons. The summed E-state index contributed by atoms with van der Waals surface area (Å²) < 4.78 is 2.63.